The van der Waals surface area contributed by atoms with E-state index in [1.54, 1.807) is 48.5 Å². The van der Waals surface area contributed by atoms with Crippen molar-refractivity contribution in [3.05, 3.63) is 211 Å². The van der Waals surface area contributed by atoms with Gasteiger partial charge in [0.2, 0.25) is 47.3 Å². The van der Waals surface area contributed by atoms with Gasteiger partial charge in [0.1, 0.15) is 64.5 Å². The van der Waals surface area contributed by atoms with Gasteiger partial charge in [0.15, 0.2) is 0 Å². The van der Waals surface area contributed by atoms with Gasteiger partial charge < -0.3 is 80.4 Å². The van der Waals surface area contributed by atoms with Crippen molar-refractivity contribution in [2.24, 2.45) is 0 Å². The highest BCUT2D eigenvalue weighted by Gasteiger charge is 2.32. The van der Waals surface area contributed by atoms with Gasteiger partial charge in [0.05, 0.1) is 12.1 Å². The van der Waals surface area contributed by atoms with E-state index < -0.39 is 17.6 Å². The third-order valence-electron chi connectivity index (χ3n) is 12.3. The zero-order chi connectivity index (χ0) is 79.8. The Morgan fingerprint density at radius 3 is 1.11 bits per heavy atom. The predicted octanol–water partition coefficient (Wildman–Crippen LogP) is 8.99. The molecule has 0 unspecified atom stereocenters. The Labute approximate surface area is 635 Å². The summed E-state index contributed by atoms with van der Waals surface area (Å²) in [6.07, 6.45) is 2.59. The van der Waals surface area contributed by atoms with Gasteiger partial charge in [-0.3, -0.25) is 38.4 Å². The standard InChI is InChI=1S/C11H12F3NO2.C10H12BrNO2.2C10H12ClNO2.2C10H12FNO2.C7H15NO2.C6H9NO2/c1-17-7-10(16)15-6-8-4-2-3-5-9(8)11(12,13)14;1-14-7-10(13)12-6-8-4-2-3-5-9(8)11;1-14-7-10(13)12-6-8-2-4-9(11)5-3-8;1-14-7-10(13)12-6-8-4-2-3-5-9(8)11;1-14-7-10(13)12-6-8-2-4-9(11)5-3-8;1-14-7-10(13)12-6-8-4-2-3-5-9(8)11;1-3-4-5-8-7(9)6-10-2;1-3-4-7-6(8)5-9-2/h2-5H,6-7H2,1H3,(H,15,16);5*2-5H,6-7H2,1H3,(H,12,13);3-6H2,1-2H3,(H,8,9);1H,4-5H2,2H3,(H,7,8). The number of carbonyl (C=O) groups is 8. The molecule has 0 aliphatic carbocycles. The van der Waals surface area contributed by atoms with Crippen LogP contribution < -0.4 is 42.5 Å². The molecule has 106 heavy (non-hydrogen) atoms. The minimum atomic E-state index is -4.41. The minimum Gasteiger partial charge on any atom is -0.375 e. The highest BCUT2D eigenvalue weighted by Crippen LogP contribution is 2.31. The van der Waals surface area contributed by atoms with E-state index >= 15 is 0 Å². The molecule has 24 nitrogen and oxygen atoms in total. The Kier molecular flexibility index (Phi) is 60.2. The Balaban J connectivity index is 0. The van der Waals surface area contributed by atoms with Crippen LogP contribution in [0.3, 0.4) is 0 Å². The number of amides is 8. The maximum absolute atomic E-state index is 13.0. The van der Waals surface area contributed by atoms with Crippen molar-refractivity contribution in [1.29, 1.82) is 0 Å². The molecular weight excluding hydrogens is 1500 g/mol. The van der Waals surface area contributed by atoms with E-state index in [1.807, 2.05) is 54.6 Å². The van der Waals surface area contributed by atoms with Crippen molar-refractivity contribution in [1.82, 2.24) is 42.5 Å². The van der Waals surface area contributed by atoms with Crippen molar-refractivity contribution in [3.63, 3.8) is 0 Å². The largest absolute Gasteiger partial charge is 0.416 e. The molecule has 0 saturated heterocycles. The van der Waals surface area contributed by atoms with Gasteiger partial charge in [-0.25, -0.2) is 8.78 Å². The normalized spacial score (nSPS) is 9.89. The molecule has 0 atom stereocenters. The molecule has 32 heteroatoms. The molecule has 0 saturated carbocycles. The lowest BCUT2D eigenvalue weighted by molar-refractivity contribution is -0.138. The van der Waals surface area contributed by atoms with Gasteiger partial charge in [0.25, 0.3) is 0 Å². The fraction of sp³-hybridized carbons (Fsp3) is 0.378. The summed E-state index contributed by atoms with van der Waals surface area (Å²) >= 11 is 15.0. The third-order valence-corrected chi connectivity index (χ3v) is 13.7. The molecule has 0 fully saturated rings. The van der Waals surface area contributed by atoms with Crippen molar-refractivity contribution in [2.45, 2.75) is 65.2 Å². The fourth-order valence-corrected chi connectivity index (χ4v) is 8.02. The van der Waals surface area contributed by atoms with Crippen molar-refractivity contribution >= 4 is 86.4 Å². The molecule has 6 rings (SSSR count). The quantitative estimate of drug-likeness (QED) is 0.0111. The number of hydrogen-bond donors (Lipinski definition) is 8. The monoisotopic (exact) mass is 1600 g/mol. The van der Waals surface area contributed by atoms with Crippen LogP contribution in [0.2, 0.25) is 10.0 Å². The van der Waals surface area contributed by atoms with Gasteiger partial charge in [-0.15, -0.1) is 6.42 Å². The average Bonchev–Trinajstić information content (AvgIpc) is 0.835. The summed E-state index contributed by atoms with van der Waals surface area (Å²) in [7, 11) is 11.7. The Morgan fingerprint density at radius 2 is 0.726 bits per heavy atom. The summed E-state index contributed by atoms with van der Waals surface area (Å²) in [5.74, 6) is 0.190. The third kappa shape index (κ3) is 54.6. The molecule has 0 aromatic heterocycles. The second-order valence-electron chi connectivity index (χ2n) is 21.0. The second-order valence-corrected chi connectivity index (χ2v) is 22.7. The average molecular weight is 1600 g/mol. The molecule has 8 amide bonds. The highest BCUT2D eigenvalue weighted by atomic mass is 79.9. The van der Waals surface area contributed by atoms with Crippen molar-refractivity contribution < 1.29 is 98.2 Å². The van der Waals surface area contributed by atoms with Gasteiger partial charge >= 0.3 is 6.18 Å². The zero-order valence-electron chi connectivity index (χ0n) is 60.7. The van der Waals surface area contributed by atoms with Gasteiger partial charge in [-0.05, 0) is 82.8 Å². The van der Waals surface area contributed by atoms with Gasteiger partial charge in [-0.1, -0.05) is 155 Å². The molecule has 6 aromatic rings. The lowest BCUT2D eigenvalue weighted by Gasteiger charge is -2.13. The molecule has 0 aliphatic heterocycles. The molecule has 0 heterocycles. The number of halogens is 8. The Hall–Kier alpha value is -8.97. The topological polar surface area (TPSA) is 307 Å². The summed E-state index contributed by atoms with van der Waals surface area (Å²) in [6, 6.07) is 39.9. The van der Waals surface area contributed by atoms with E-state index in [9.17, 15) is 60.3 Å². The number of terminal acetylenes is 1. The number of hydrogen-bond acceptors (Lipinski definition) is 16. The molecule has 0 bridgehead atoms. The van der Waals surface area contributed by atoms with Gasteiger partial charge in [-0.2, -0.15) is 13.2 Å². The first kappa shape index (κ1) is 99.1. The SMILES string of the molecule is C#CCNC(=O)COC.CCCCNC(=O)COC.COCC(=O)NCc1ccc(Cl)cc1.COCC(=O)NCc1ccc(F)cc1.COCC(=O)NCc1ccccc1Br.COCC(=O)NCc1ccccc1C(F)(F)F.COCC(=O)NCc1ccccc1Cl.COCC(=O)NCc1ccccc1F. The number of unbranched alkanes of at least 4 members (excludes halogenated alkanes) is 1. The highest BCUT2D eigenvalue weighted by molar-refractivity contribution is 9.10. The van der Waals surface area contributed by atoms with E-state index in [0.717, 1.165) is 52.2 Å². The summed E-state index contributed by atoms with van der Waals surface area (Å²) in [4.78, 5) is 87.3. The second kappa shape index (κ2) is 64.4. The molecule has 8 N–H and O–H groups in total. The lowest BCUT2D eigenvalue weighted by atomic mass is 10.1. The first-order chi connectivity index (χ1) is 50.7. The maximum Gasteiger partial charge on any atom is 0.416 e. The van der Waals surface area contributed by atoms with E-state index in [1.165, 1.54) is 93.3 Å². The van der Waals surface area contributed by atoms with Crippen LogP contribution in [-0.2, 0) is 122 Å². The van der Waals surface area contributed by atoms with Crippen LogP contribution in [0.25, 0.3) is 0 Å². The van der Waals surface area contributed by atoms with E-state index in [0.29, 0.717) is 41.8 Å². The first-order valence-electron chi connectivity index (χ1n) is 32.0. The molecule has 0 spiro atoms. The summed E-state index contributed by atoms with van der Waals surface area (Å²) in [5, 5.41) is 22.2. The lowest BCUT2D eigenvalue weighted by Crippen LogP contribution is -2.27. The molecule has 0 aliphatic rings. The summed E-state index contributed by atoms with van der Waals surface area (Å²) < 4.78 is 101. The number of nitrogens with one attached hydrogen (secondary N) is 8. The van der Waals surface area contributed by atoms with Gasteiger partial charge in [0, 0.05) is 123 Å². The summed E-state index contributed by atoms with van der Waals surface area (Å²) in [6.45, 7) is 5.35. The van der Waals surface area contributed by atoms with Crippen LogP contribution in [0.15, 0.2) is 150 Å². The minimum absolute atomic E-state index is 0.00550. The van der Waals surface area contributed by atoms with Crippen LogP contribution in [-0.4, -0.2) is 170 Å². The summed E-state index contributed by atoms with van der Waals surface area (Å²) in [5.41, 5.74) is 3.59. The number of alkyl halides is 3. The number of carbonyl (C=O) groups excluding carboxylic acids is 8. The van der Waals surface area contributed by atoms with E-state index in [4.69, 9.17) is 34.4 Å². The maximum atomic E-state index is 13.0. The smallest absolute Gasteiger partial charge is 0.375 e. The predicted molar refractivity (Wildman–Crippen MR) is 397 cm³/mol. The molecular formula is C74H96BrCl2F5N8O16. The van der Waals surface area contributed by atoms with Crippen LogP contribution in [0, 0.1) is 24.0 Å². The number of rotatable bonds is 32. The van der Waals surface area contributed by atoms with Crippen LogP contribution in [0.4, 0.5) is 22.0 Å². The number of ether oxygens (including phenoxy) is 8. The fourth-order valence-electron chi connectivity index (χ4n) is 7.27. The van der Waals surface area contributed by atoms with Crippen LogP contribution in [0.1, 0.15) is 58.7 Å². The van der Waals surface area contributed by atoms with E-state index in [-0.39, 0.29) is 131 Å². The zero-order valence-corrected chi connectivity index (χ0v) is 63.8. The number of benzene rings is 6. The van der Waals surface area contributed by atoms with E-state index in [2.05, 4.69) is 104 Å². The van der Waals surface area contributed by atoms with Crippen molar-refractivity contribution in [2.75, 3.05) is 123 Å². The molecule has 6 aromatic carbocycles. The Bertz CT molecular complexity index is 3260. The number of methoxy groups -OCH3 is 8. The van der Waals surface area contributed by atoms with Crippen LogP contribution >= 0.6 is 39.1 Å². The Morgan fingerprint density at radius 1 is 0.406 bits per heavy atom. The van der Waals surface area contributed by atoms with Crippen LogP contribution in [0.5, 0.6) is 0 Å². The first-order valence-corrected chi connectivity index (χ1v) is 33.6. The molecule has 584 valence electrons. The van der Waals surface area contributed by atoms with Crippen molar-refractivity contribution in [3.8, 4) is 12.3 Å². The molecule has 0 radical (unpaired) electrons.